The minimum absolute atomic E-state index is 0.107. The summed E-state index contributed by atoms with van der Waals surface area (Å²) in [6.45, 7) is 4.61. The van der Waals surface area contributed by atoms with Gasteiger partial charge in [-0.05, 0) is 31.5 Å². The normalized spacial score (nSPS) is 24.8. The zero-order chi connectivity index (χ0) is 14.9. The van der Waals surface area contributed by atoms with Crippen LogP contribution in [0.15, 0.2) is 27.6 Å². The Morgan fingerprint density at radius 1 is 1.50 bits per heavy atom. The number of sulfonamides is 1. The Morgan fingerprint density at radius 3 is 2.80 bits per heavy atom. The Hall–Kier alpha value is -0.630. The van der Waals surface area contributed by atoms with Gasteiger partial charge in [0.05, 0.1) is 18.4 Å². The van der Waals surface area contributed by atoms with Crippen LogP contribution in [-0.4, -0.2) is 38.0 Å². The van der Waals surface area contributed by atoms with Crippen LogP contribution in [0.4, 0.5) is 5.69 Å². The number of halogens is 1. The van der Waals surface area contributed by atoms with Crippen LogP contribution in [0.2, 0.25) is 0 Å². The summed E-state index contributed by atoms with van der Waals surface area (Å²) in [6.07, 6.45) is 0.604. The van der Waals surface area contributed by atoms with E-state index in [-0.39, 0.29) is 22.7 Å². The lowest BCUT2D eigenvalue weighted by Gasteiger charge is -2.37. The second kappa shape index (κ2) is 6.01. The highest BCUT2D eigenvalue weighted by molar-refractivity contribution is 9.10. The fourth-order valence-electron chi connectivity index (χ4n) is 2.31. The molecule has 20 heavy (non-hydrogen) atoms. The molecule has 2 unspecified atom stereocenters. The Labute approximate surface area is 128 Å². The number of nitrogens with zero attached hydrogens (tertiary/aromatic N) is 1. The summed E-state index contributed by atoms with van der Waals surface area (Å²) in [7, 11) is -3.60. The topological polar surface area (TPSA) is 72.6 Å². The summed E-state index contributed by atoms with van der Waals surface area (Å²) >= 11 is 3.29. The van der Waals surface area contributed by atoms with E-state index in [9.17, 15) is 8.42 Å². The van der Waals surface area contributed by atoms with Crippen LogP contribution in [0, 0.1) is 0 Å². The maximum Gasteiger partial charge on any atom is 0.245 e. The molecule has 1 aromatic carbocycles. The monoisotopic (exact) mass is 362 g/mol. The molecule has 112 valence electrons. The van der Waals surface area contributed by atoms with Gasteiger partial charge in [0.1, 0.15) is 4.90 Å². The van der Waals surface area contributed by atoms with Crippen molar-refractivity contribution in [1.82, 2.24) is 4.31 Å². The lowest BCUT2D eigenvalue weighted by molar-refractivity contribution is -0.0230. The molecule has 1 heterocycles. The first-order valence-corrected chi connectivity index (χ1v) is 8.78. The lowest BCUT2D eigenvalue weighted by atomic mass is 10.2. The van der Waals surface area contributed by atoms with Crippen molar-refractivity contribution in [3.63, 3.8) is 0 Å². The molecule has 2 atom stereocenters. The molecule has 1 aliphatic rings. The van der Waals surface area contributed by atoms with Crippen molar-refractivity contribution in [2.75, 3.05) is 18.9 Å². The lowest BCUT2D eigenvalue weighted by Crippen LogP contribution is -2.51. The van der Waals surface area contributed by atoms with Crippen molar-refractivity contribution < 1.29 is 13.2 Å². The second-order valence-electron chi connectivity index (χ2n) is 4.96. The number of hydrogen-bond donors (Lipinski definition) is 1. The number of ether oxygens (including phenoxy) is 1. The third kappa shape index (κ3) is 3.00. The molecule has 2 rings (SSSR count). The van der Waals surface area contributed by atoms with E-state index in [1.54, 1.807) is 18.2 Å². The van der Waals surface area contributed by atoms with Gasteiger partial charge in [-0.1, -0.05) is 22.9 Å². The molecular weight excluding hydrogens is 344 g/mol. The minimum atomic E-state index is -3.60. The van der Waals surface area contributed by atoms with E-state index in [2.05, 4.69) is 15.9 Å². The summed E-state index contributed by atoms with van der Waals surface area (Å²) in [5.74, 6) is 0. The average molecular weight is 363 g/mol. The highest BCUT2D eigenvalue weighted by Gasteiger charge is 2.36. The van der Waals surface area contributed by atoms with Crippen LogP contribution in [0.5, 0.6) is 0 Å². The van der Waals surface area contributed by atoms with Crippen molar-refractivity contribution in [1.29, 1.82) is 0 Å². The predicted molar refractivity (Wildman–Crippen MR) is 81.9 cm³/mol. The summed E-state index contributed by atoms with van der Waals surface area (Å²) in [6, 6.07) is 4.70. The molecule has 5 nitrogen and oxygen atoms in total. The quantitative estimate of drug-likeness (QED) is 0.836. The van der Waals surface area contributed by atoms with Gasteiger partial charge in [0.25, 0.3) is 0 Å². The van der Waals surface area contributed by atoms with Crippen LogP contribution in [-0.2, 0) is 14.8 Å². The molecule has 0 radical (unpaired) electrons. The predicted octanol–water partition coefficient (Wildman–Crippen LogP) is 2.22. The molecule has 0 aliphatic carbocycles. The molecule has 1 aliphatic heterocycles. The number of hydrogen-bond acceptors (Lipinski definition) is 4. The smallest absolute Gasteiger partial charge is 0.245 e. The van der Waals surface area contributed by atoms with Gasteiger partial charge in [0, 0.05) is 17.1 Å². The van der Waals surface area contributed by atoms with Gasteiger partial charge in [-0.15, -0.1) is 0 Å². The second-order valence-corrected chi connectivity index (χ2v) is 7.74. The third-order valence-corrected chi connectivity index (χ3v) is 5.93. The van der Waals surface area contributed by atoms with E-state index in [1.165, 1.54) is 4.31 Å². The number of rotatable bonds is 3. The van der Waals surface area contributed by atoms with E-state index in [4.69, 9.17) is 10.5 Å². The Kier molecular flexibility index (Phi) is 4.73. The molecule has 1 aromatic rings. The molecule has 1 fully saturated rings. The number of benzene rings is 1. The SMILES string of the molecule is CCC1COC(C)CN1S(=O)(=O)c1ccc(Br)cc1N. The zero-order valence-corrected chi connectivity index (χ0v) is 13.9. The van der Waals surface area contributed by atoms with Crippen LogP contribution in [0.25, 0.3) is 0 Å². The highest BCUT2D eigenvalue weighted by atomic mass is 79.9. The summed E-state index contributed by atoms with van der Waals surface area (Å²) in [4.78, 5) is 0.160. The largest absolute Gasteiger partial charge is 0.398 e. The van der Waals surface area contributed by atoms with Crippen molar-refractivity contribution >= 4 is 31.6 Å². The summed E-state index contributed by atoms with van der Waals surface area (Å²) in [5, 5.41) is 0. The number of nitrogen functional groups attached to an aromatic ring is 1. The molecule has 0 bridgehead atoms. The molecule has 0 spiro atoms. The van der Waals surface area contributed by atoms with Crippen LogP contribution >= 0.6 is 15.9 Å². The molecule has 0 amide bonds. The Balaban J connectivity index is 2.42. The van der Waals surface area contributed by atoms with Crippen molar-refractivity contribution in [2.45, 2.75) is 37.3 Å². The summed E-state index contributed by atoms with van der Waals surface area (Å²) < 4.78 is 33.4. The fraction of sp³-hybridized carbons (Fsp3) is 0.538. The maximum absolute atomic E-state index is 12.8. The first-order chi connectivity index (χ1) is 9.36. The van der Waals surface area contributed by atoms with E-state index in [0.29, 0.717) is 19.6 Å². The molecule has 2 N–H and O–H groups in total. The van der Waals surface area contributed by atoms with E-state index in [1.807, 2.05) is 13.8 Å². The van der Waals surface area contributed by atoms with Crippen LogP contribution in [0.3, 0.4) is 0 Å². The molecular formula is C13H19BrN2O3S. The average Bonchev–Trinajstić information content (AvgIpc) is 2.38. The summed E-state index contributed by atoms with van der Waals surface area (Å²) in [5.41, 5.74) is 6.13. The molecule has 1 saturated heterocycles. The number of morpholine rings is 1. The van der Waals surface area contributed by atoms with E-state index < -0.39 is 10.0 Å². The van der Waals surface area contributed by atoms with Gasteiger partial charge < -0.3 is 10.5 Å². The number of nitrogens with two attached hydrogens (primary N) is 1. The van der Waals surface area contributed by atoms with E-state index in [0.717, 1.165) is 4.47 Å². The van der Waals surface area contributed by atoms with Crippen LogP contribution in [0.1, 0.15) is 20.3 Å². The number of anilines is 1. The Morgan fingerprint density at radius 2 is 2.20 bits per heavy atom. The Bertz CT molecular complexity index is 591. The van der Waals surface area contributed by atoms with Crippen molar-refractivity contribution in [3.05, 3.63) is 22.7 Å². The zero-order valence-electron chi connectivity index (χ0n) is 11.5. The first-order valence-electron chi connectivity index (χ1n) is 6.54. The highest BCUT2D eigenvalue weighted by Crippen LogP contribution is 2.29. The van der Waals surface area contributed by atoms with Crippen molar-refractivity contribution in [3.8, 4) is 0 Å². The first kappa shape index (κ1) is 15.8. The van der Waals surface area contributed by atoms with Gasteiger partial charge in [-0.2, -0.15) is 4.31 Å². The van der Waals surface area contributed by atoms with Gasteiger partial charge in [-0.25, -0.2) is 8.42 Å². The minimum Gasteiger partial charge on any atom is -0.398 e. The van der Waals surface area contributed by atoms with Gasteiger partial charge in [0.15, 0.2) is 0 Å². The standard InChI is InChI=1S/C13H19BrN2O3S/c1-3-11-8-19-9(2)7-16(11)20(17,18)13-5-4-10(14)6-12(13)15/h4-6,9,11H,3,7-8,15H2,1-2H3. The maximum atomic E-state index is 12.8. The van der Waals surface area contributed by atoms with Gasteiger partial charge in [0.2, 0.25) is 10.0 Å². The van der Waals surface area contributed by atoms with Gasteiger partial charge >= 0.3 is 0 Å². The third-order valence-electron chi connectivity index (χ3n) is 3.45. The molecule has 0 saturated carbocycles. The molecule has 7 heteroatoms. The van der Waals surface area contributed by atoms with Crippen LogP contribution < -0.4 is 5.73 Å². The van der Waals surface area contributed by atoms with E-state index >= 15 is 0 Å². The van der Waals surface area contributed by atoms with Crippen molar-refractivity contribution in [2.24, 2.45) is 0 Å². The molecule has 0 aromatic heterocycles. The fourth-order valence-corrected chi connectivity index (χ4v) is 4.55. The van der Waals surface area contributed by atoms with Gasteiger partial charge in [-0.3, -0.25) is 0 Å².